The SMILES string of the molecule is CNCc1nc(O)c(-c2cccc(Cl)c2)c(=O)[nH]1. The second kappa shape index (κ2) is 5.20. The van der Waals surface area contributed by atoms with Gasteiger partial charge in [0.25, 0.3) is 5.56 Å². The van der Waals surface area contributed by atoms with E-state index in [4.69, 9.17) is 11.6 Å². The zero-order valence-electron chi connectivity index (χ0n) is 9.70. The molecule has 5 nitrogen and oxygen atoms in total. The Labute approximate surface area is 108 Å². The molecule has 94 valence electrons. The van der Waals surface area contributed by atoms with E-state index in [9.17, 15) is 9.90 Å². The van der Waals surface area contributed by atoms with Crippen LogP contribution >= 0.6 is 11.6 Å². The second-order valence-electron chi connectivity index (χ2n) is 3.75. The summed E-state index contributed by atoms with van der Waals surface area (Å²) in [5.41, 5.74) is 0.261. The molecule has 0 aliphatic carbocycles. The first-order valence-electron chi connectivity index (χ1n) is 5.34. The van der Waals surface area contributed by atoms with Crippen molar-refractivity contribution in [2.24, 2.45) is 0 Å². The van der Waals surface area contributed by atoms with Crippen molar-refractivity contribution in [3.63, 3.8) is 0 Å². The van der Waals surface area contributed by atoms with Crippen molar-refractivity contribution in [3.05, 3.63) is 45.5 Å². The molecule has 18 heavy (non-hydrogen) atoms. The van der Waals surface area contributed by atoms with Gasteiger partial charge in [0.2, 0.25) is 5.88 Å². The van der Waals surface area contributed by atoms with Crippen molar-refractivity contribution in [3.8, 4) is 17.0 Å². The largest absolute Gasteiger partial charge is 0.493 e. The minimum absolute atomic E-state index is 0.123. The fourth-order valence-corrected chi connectivity index (χ4v) is 1.85. The summed E-state index contributed by atoms with van der Waals surface area (Å²) in [7, 11) is 1.72. The van der Waals surface area contributed by atoms with E-state index in [1.54, 1.807) is 31.3 Å². The molecular formula is C12H12ClN3O2. The molecule has 0 aliphatic heterocycles. The summed E-state index contributed by atoms with van der Waals surface area (Å²) in [4.78, 5) is 18.4. The minimum atomic E-state index is -0.394. The van der Waals surface area contributed by atoms with Gasteiger partial charge in [0.05, 0.1) is 6.54 Å². The Kier molecular flexibility index (Phi) is 3.64. The Hall–Kier alpha value is -1.85. The topological polar surface area (TPSA) is 78.0 Å². The molecule has 6 heteroatoms. The van der Waals surface area contributed by atoms with Gasteiger partial charge in [-0.15, -0.1) is 0 Å². The molecule has 0 saturated carbocycles. The van der Waals surface area contributed by atoms with E-state index in [1.165, 1.54) is 0 Å². The molecule has 0 atom stereocenters. The van der Waals surface area contributed by atoms with Crippen LogP contribution in [0.4, 0.5) is 0 Å². The predicted molar refractivity (Wildman–Crippen MR) is 69.7 cm³/mol. The lowest BCUT2D eigenvalue weighted by atomic mass is 10.1. The van der Waals surface area contributed by atoms with E-state index in [-0.39, 0.29) is 11.4 Å². The molecule has 2 rings (SSSR count). The highest BCUT2D eigenvalue weighted by Gasteiger charge is 2.12. The van der Waals surface area contributed by atoms with Crippen LogP contribution in [0.2, 0.25) is 5.02 Å². The molecule has 0 bridgehead atoms. The molecule has 1 aromatic carbocycles. The van der Waals surface area contributed by atoms with Crippen LogP contribution in [-0.4, -0.2) is 22.1 Å². The molecule has 1 aromatic heterocycles. The fraction of sp³-hybridized carbons (Fsp3) is 0.167. The number of nitrogens with zero attached hydrogens (tertiary/aromatic N) is 1. The molecule has 0 spiro atoms. The van der Waals surface area contributed by atoms with Gasteiger partial charge in [0, 0.05) is 5.02 Å². The highest BCUT2D eigenvalue weighted by Crippen LogP contribution is 2.25. The number of aromatic amines is 1. The zero-order valence-corrected chi connectivity index (χ0v) is 10.5. The van der Waals surface area contributed by atoms with Gasteiger partial charge in [0.1, 0.15) is 11.4 Å². The van der Waals surface area contributed by atoms with Gasteiger partial charge < -0.3 is 15.4 Å². The number of hydrogen-bond donors (Lipinski definition) is 3. The van der Waals surface area contributed by atoms with Gasteiger partial charge in [-0.1, -0.05) is 23.7 Å². The lowest BCUT2D eigenvalue weighted by Crippen LogP contribution is -2.17. The summed E-state index contributed by atoms with van der Waals surface area (Å²) in [6.07, 6.45) is 0. The van der Waals surface area contributed by atoms with E-state index in [0.29, 0.717) is 23.0 Å². The van der Waals surface area contributed by atoms with Crippen LogP contribution in [0.3, 0.4) is 0 Å². The number of halogens is 1. The number of rotatable bonds is 3. The molecule has 0 saturated heterocycles. The van der Waals surface area contributed by atoms with Crippen LogP contribution in [-0.2, 0) is 6.54 Å². The lowest BCUT2D eigenvalue weighted by molar-refractivity contribution is 0.449. The van der Waals surface area contributed by atoms with Crippen LogP contribution < -0.4 is 10.9 Å². The summed E-state index contributed by atoms with van der Waals surface area (Å²) in [6, 6.07) is 6.69. The zero-order chi connectivity index (χ0) is 13.1. The molecule has 0 unspecified atom stereocenters. The Bertz CT molecular complexity index is 625. The first-order valence-corrected chi connectivity index (χ1v) is 5.72. The third kappa shape index (κ3) is 2.52. The molecule has 0 radical (unpaired) electrons. The average molecular weight is 266 g/mol. The maximum atomic E-state index is 11.9. The third-order valence-corrected chi connectivity index (χ3v) is 2.64. The number of aromatic nitrogens is 2. The number of hydrogen-bond acceptors (Lipinski definition) is 4. The summed E-state index contributed by atoms with van der Waals surface area (Å²) in [6.45, 7) is 0.374. The van der Waals surface area contributed by atoms with Crippen molar-refractivity contribution in [2.45, 2.75) is 6.54 Å². The normalized spacial score (nSPS) is 10.6. The molecule has 2 aromatic rings. The van der Waals surface area contributed by atoms with E-state index < -0.39 is 5.56 Å². The maximum Gasteiger partial charge on any atom is 0.262 e. The molecule has 0 amide bonds. The van der Waals surface area contributed by atoms with Gasteiger partial charge in [0.15, 0.2) is 0 Å². The van der Waals surface area contributed by atoms with Crippen molar-refractivity contribution in [1.29, 1.82) is 0 Å². The van der Waals surface area contributed by atoms with Crippen molar-refractivity contribution in [2.75, 3.05) is 7.05 Å². The number of aromatic hydroxyl groups is 1. The van der Waals surface area contributed by atoms with Crippen molar-refractivity contribution < 1.29 is 5.11 Å². The monoisotopic (exact) mass is 265 g/mol. The van der Waals surface area contributed by atoms with Gasteiger partial charge in [-0.05, 0) is 24.7 Å². The van der Waals surface area contributed by atoms with E-state index in [1.807, 2.05) is 0 Å². The van der Waals surface area contributed by atoms with E-state index in [2.05, 4.69) is 15.3 Å². The Morgan fingerprint density at radius 1 is 1.50 bits per heavy atom. The Morgan fingerprint density at radius 3 is 2.89 bits per heavy atom. The molecule has 1 heterocycles. The quantitative estimate of drug-likeness (QED) is 0.786. The summed E-state index contributed by atoms with van der Waals surface area (Å²) < 4.78 is 0. The van der Waals surface area contributed by atoms with E-state index in [0.717, 1.165) is 0 Å². The van der Waals surface area contributed by atoms with E-state index >= 15 is 0 Å². The Balaban J connectivity index is 2.55. The number of H-pyrrole nitrogens is 1. The molecule has 0 fully saturated rings. The van der Waals surface area contributed by atoms with Gasteiger partial charge in [-0.3, -0.25) is 4.79 Å². The maximum absolute atomic E-state index is 11.9. The van der Waals surface area contributed by atoms with Crippen LogP contribution in [0.15, 0.2) is 29.1 Å². The first-order chi connectivity index (χ1) is 8.61. The summed E-state index contributed by atoms with van der Waals surface area (Å²) in [5, 5.41) is 13.2. The Morgan fingerprint density at radius 2 is 2.28 bits per heavy atom. The number of nitrogens with one attached hydrogen (secondary N) is 2. The predicted octanol–water partition coefficient (Wildman–Crippen LogP) is 1.52. The highest BCUT2D eigenvalue weighted by atomic mass is 35.5. The smallest absolute Gasteiger partial charge is 0.262 e. The van der Waals surface area contributed by atoms with Gasteiger partial charge >= 0.3 is 0 Å². The highest BCUT2D eigenvalue weighted by molar-refractivity contribution is 6.30. The molecular weight excluding hydrogens is 254 g/mol. The third-order valence-electron chi connectivity index (χ3n) is 2.41. The fourth-order valence-electron chi connectivity index (χ4n) is 1.66. The standard InChI is InChI=1S/C12H12ClN3O2/c1-14-6-9-15-11(17)10(12(18)16-9)7-3-2-4-8(13)5-7/h2-5,14H,6H2,1H3,(H2,15,16,17,18). The second-order valence-corrected chi connectivity index (χ2v) is 4.19. The van der Waals surface area contributed by atoms with Crippen LogP contribution in [0, 0.1) is 0 Å². The van der Waals surface area contributed by atoms with Crippen LogP contribution in [0.1, 0.15) is 5.82 Å². The first kappa shape index (κ1) is 12.6. The van der Waals surface area contributed by atoms with Gasteiger partial charge in [-0.2, -0.15) is 4.98 Å². The lowest BCUT2D eigenvalue weighted by Gasteiger charge is -2.06. The van der Waals surface area contributed by atoms with Crippen LogP contribution in [0.25, 0.3) is 11.1 Å². The minimum Gasteiger partial charge on any atom is -0.493 e. The summed E-state index contributed by atoms with van der Waals surface area (Å²) in [5.74, 6) is 0.0806. The average Bonchev–Trinajstić information content (AvgIpc) is 2.28. The molecule has 0 aliphatic rings. The van der Waals surface area contributed by atoms with Crippen LogP contribution in [0.5, 0.6) is 5.88 Å². The van der Waals surface area contributed by atoms with Gasteiger partial charge in [-0.25, -0.2) is 0 Å². The number of benzene rings is 1. The molecule has 3 N–H and O–H groups in total. The van der Waals surface area contributed by atoms with Crippen molar-refractivity contribution >= 4 is 11.6 Å². The summed E-state index contributed by atoms with van der Waals surface area (Å²) >= 11 is 5.86. The van der Waals surface area contributed by atoms with Crippen molar-refractivity contribution in [1.82, 2.24) is 15.3 Å².